The molecule has 3 aromatic rings. The fraction of sp³-hybridized carbons (Fsp3) is 0.409. The highest BCUT2D eigenvalue weighted by atomic mass is 32.1. The Labute approximate surface area is 174 Å². The van der Waals surface area contributed by atoms with E-state index >= 15 is 0 Å². The van der Waals surface area contributed by atoms with Crippen LogP contribution in [0, 0.1) is 17.2 Å². The van der Waals surface area contributed by atoms with Gasteiger partial charge in [-0.25, -0.2) is 9.97 Å². The van der Waals surface area contributed by atoms with E-state index in [1.54, 1.807) is 17.5 Å². The summed E-state index contributed by atoms with van der Waals surface area (Å²) in [5, 5.41) is 13.6. The maximum Gasteiger partial charge on any atom is 0.237 e. The molecule has 1 aromatic carbocycles. The van der Waals surface area contributed by atoms with Crippen LogP contribution >= 0.6 is 11.3 Å². The lowest BCUT2D eigenvalue weighted by Crippen LogP contribution is -2.43. The maximum atomic E-state index is 9.12. The summed E-state index contributed by atoms with van der Waals surface area (Å²) in [6, 6.07) is 15.0. The van der Waals surface area contributed by atoms with Crippen LogP contribution in [0.4, 0.5) is 10.8 Å². The molecule has 2 fully saturated rings. The smallest absolute Gasteiger partial charge is 0.237 e. The minimum absolute atomic E-state index is 0.173. The van der Waals surface area contributed by atoms with Crippen molar-refractivity contribution in [2.75, 3.05) is 23.3 Å². The van der Waals surface area contributed by atoms with Crippen LogP contribution in [0.15, 0.2) is 42.6 Å². The van der Waals surface area contributed by atoms with Crippen molar-refractivity contribution < 1.29 is 4.74 Å². The van der Waals surface area contributed by atoms with Crippen LogP contribution in [0.1, 0.15) is 25.7 Å². The molecular weight excluding hydrogens is 382 g/mol. The highest BCUT2D eigenvalue weighted by molar-refractivity contribution is 7.22. The lowest BCUT2D eigenvalue weighted by atomic mass is 9.89. The van der Waals surface area contributed by atoms with Crippen molar-refractivity contribution in [2.24, 2.45) is 5.92 Å². The predicted molar refractivity (Wildman–Crippen MR) is 115 cm³/mol. The molecule has 1 aliphatic heterocycles. The van der Waals surface area contributed by atoms with Gasteiger partial charge in [-0.2, -0.15) is 5.26 Å². The summed E-state index contributed by atoms with van der Waals surface area (Å²) in [7, 11) is 0. The Hall–Kier alpha value is -2.85. The van der Waals surface area contributed by atoms with Gasteiger partial charge in [-0.1, -0.05) is 23.5 Å². The fourth-order valence-electron chi connectivity index (χ4n) is 4.01. The number of benzene rings is 1. The van der Waals surface area contributed by atoms with E-state index in [-0.39, 0.29) is 12.0 Å². The van der Waals surface area contributed by atoms with E-state index in [9.17, 15) is 0 Å². The van der Waals surface area contributed by atoms with Gasteiger partial charge >= 0.3 is 0 Å². The van der Waals surface area contributed by atoms with Crippen LogP contribution in [0.5, 0.6) is 5.88 Å². The van der Waals surface area contributed by atoms with Crippen molar-refractivity contribution in [1.29, 1.82) is 5.26 Å². The minimum atomic E-state index is 0.173. The molecule has 0 atom stereocenters. The predicted octanol–water partition coefficient (Wildman–Crippen LogP) is 4.45. The molecular formula is C22H23N5OS. The SMILES string of the molecule is N#CC1CCN(c2cccnc2OC2CC(Nc3nc4ccccc4s3)C2)CC1. The van der Waals surface area contributed by atoms with Gasteiger partial charge in [0, 0.05) is 44.1 Å². The number of para-hydroxylation sites is 1. The number of ether oxygens (including phenoxy) is 1. The van der Waals surface area contributed by atoms with Crippen molar-refractivity contribution in [3.8, 4) is 11.9 Å². The first-order chi connectivity index (χ1) is 14.3. The van der Waals surface area contributed by atoms with Crippen LogP contribution < -0.4 is 15.0 Å². The molecule has 0 spiro atoms. The van der Waals surface area contributed by atoms with E-state index in [0.717, 1.165) is 55.1 Å². The van der Waals surface area contributed by atoms with Gasteiger partial charge in [-0.05, 0) is 37.1 Å². The number of aromatic nitrogens is 2. The number of anilines is 2. The highest BCUT2D eigenvalue weighted by Gasteiger charge is 2.33. The van der Waals surface area contributed by atoms with Crippen molar-refractivity contribution in [2.45, 2.75) is 37.8 Å². The summed E-state index contributed by atoms with van der Waals surface area (Å²) in [6.07, 6.45) is 5.67. The van der Waals surface area contributed by atoms with E-state index in [1.165, 1.54) is 4.70 Å². The third-order valence-corrected chi connectivity index (χ3v) is 6.73. The molecule has 1 saturated heterocycles. The van der Waals surface area contributed by atoms with Crippen LogP contribution in [-0.4, -0.2) is 35.2 Å². The zero-order chi connectivity index (χ0) is 19.6. The topological polar surface area (TPSA) is 74.1 Å². The lowest BCUT2D eigenvalue weighted by Gasteiger charge is -2.37. The molecule has 5 rings (SSSR count). The summed E-state index contributed by atoms with van der Waals surface area (Å²) in [6.45, 7) is 1.76. The Kier molecular flexibility index (Phi) is 4.94. The molecule has 1 saturated carbocycles. The van der Waals surface area contributed by atoms with Gasteiger partial charge in [0.25, 0.3) is 0 Å². The Balaban J connectivity index is 1.18. The molecule has 0 amide bonds. The largest absolute Gasteiger partial charge is 0.473 e. The van der Waals surface area contributed by atoms with E-state index in [2.05, 4.69) is 38.4 Å². The number of nitrogens with one attached hydrogen (secondary N) is 1. The molecule has 0 radical (unpaired) electrons. The number of hydrogen-bond donors (Lipinski definition) is 1. The number of pyridine rings is 1. The first-order valence-corrected chi connectivity index (χ1v) is 11.0. The van der Waals surface area contributed by atoms with Crippen molar-refractivity contribution in [3.05, 3.63) is 42.6 Å². The lowest BCUT2D eigenvalue weighted by molar-refractivity contribution is 0.103. The van der Waals surface area contributed by atoms with Crippen LogP contribution in [0.2, 0.25) is 0 Å². The summed E-state index contributed by atoms with van der Waals surface area (Å²) in [5.74, 6) is 0.889. The fourth-order valence-corrected chi connectivity index (χ4v) is 4.95. The highest BCUT2D eigenvalue weighted by Crippen LogP contribution is 2.35. The zero-order valence-corrected chi connectivity index (χ0v) is 16.9. The quantitative estimate of drug-likeness (QED) is 0.676. The number of hydrogen-bond acceptors (Lipinski definition) is 7. The molecule has 2 aromatic heterocycles. The molecule has 1 N–H and O–H groups in total. The summed E-state index contributed by atoms with van der Waals surface area (Å²) in [4.78, 5) is 11.4. The second kappa shape index (κ2) is 7.88. The number of thiazole rings is 1. The molecule has 29 heavy (non-hydrogen) atoms. The number of nitriles is 1. The normalized spacial score (nSPS) is 22.1. The molecule has 0 bridgehead atoms. The second-order valence-electron chi connectivity index (χ2n) is 7.76. The Morgan fingerprint density at radius 1 is 1.14 bits per heavy atom. The van der Waals surface area contributed by atoms with Gasteiger partial charge < -0.3 is 15.0 Å². The van der Waals surface area contributed by atoms with Gasteiger partial charge in [0.2, 0.25) is 5.88 Å². The van der Waals surface area contributed by atoms with Crippen LogP contribution in [0.3, 0.4) is 0 Å². The van der Waals surface area contributed by atoms with Gasteiger partial charge in [-0.3, -0.25) is 0 Å². The average Bonchev–Trinajstić information content (AvgIpc) is 3.15. The molecule has 0 unspecified atom stereocenters. The Morgan fingerprint density at radius 3 is 2.76 bits per heavy atom. The van der Waals surface area contributed by atoms with Crippen molar-refractivity contribution >= 4 is 32.4 Å². The van der Waals surface area contributed by atoms with Crippen LogP contribution in [0.25, 0.3) is 10.2 Å². The Bertz CT molecular complexity index is 998. The molecule has 148 valence electrons. The number of piperidine rings is 1. The van der Waals surface area contributed by atoms with Crippen molar-refractivity contribution in [3.63, 3.8) is 0 Å². The maximum absolute atomic E-state index is 9.12. The summed E-state index contributed by atoms with van der Waals surface area (Å²) >= 11 is 1.70. The third-order valence-electron chi connectivity index (χ3n) is 5.76. The minimum Gasteiger partial charge on any atom is -0.473 e. The number of rotatable bonds is 5. The number of fused-ring (bicyclic) bond motifs is 1. The molecule has 6 nitrogen and oxygen atoms in total. The average molecular weight is 406 g/mol. The first kappa shape index (κ1) is 18.2. The van der Waals surface area contributed by atoms with Crippen LogP contribution in [-0.2, 0) is 0 Å². The first-order valence-electron chi connectivity index (χ1n) is 10.2. The summed E-state index contributed by atoms with van der Waals surface area (Å²) < 4.78 is 7.45. The van der Waals surface area contributed by atoms with Gasteiger partial charge in [0.1, 0.15) is 6.10 Å². The van der Waals surface area contributed by atoms with E-state index in [1.807, 2.05) is 24.3 Å². The monoisotopic (exact) mass is 405 g/mol. The molecule has 1 aliphatic carbocycles. The molecule has 3 heterocycles. The molecule has 7 heteroatoms. The van der Waals surface area contributed by atoms with E-state index in [4.69, 9.17) is 10.00 Å². The van der Waals surface area contributed by atoms with E-state index < -0.39 is 0 Å². The standard InChI is InChI=1S/C22H23N5OS/c23-14-15-7-10-27(11-8-15)19-5-3-9-24-21(19)28-17-12-16(13-17)25-22-26-18-4-1-2-6-20(18)29-22/h1-6,9,15-17H,7-8,10-13H2,(H,25,26). The molecule has 2 aliphatic rings. The third kappa shape index (κ3) is 3.85. The van der Waals surface area contributed by atoms with Gasteiger partial charge in [0.15, 0.2) is 5.13 Å². The van der Waals surface area contributed by atoms with E-state index in [0.29, 0.717) is 11.9 Å². The van der Waals surface area contributed by atoms with Gasteiger partial charge in [0.05, 0.1) is 22.0 Å². The zero-order valence-electron chi connectivity index (χ0n) is 16.1. The summed E-state index contributed by atoms with van der Waals surface area (Å²) in [5.41, 5.74) is 2.09. The number of nitrogens with zero attached hydrogens (tertiary/aromatic N) is 4. The second-order valence-corrected chi connectivity index (χ2v) is 8.79. The Morgan fingerprint density at radius 2 is 1.97 bits per heavy atom. The van der Waals surface area contributed by atoms with Crippen molar-refractivity contribution in [1.82, 2.24) is 9.97 Å². The van der Waals surface area contributed by atoms with Gasteiger partial charge in [-0.15, -0.1) is 0 Å².